The van der Waals surface area contributed by atoms with E-state index in [4.69, 9.17) is 0 Å². The summed E-state index contributed by atoms with van der Waals surface area (Å²) in [5.74, 6) is 0. The molecule has 1 heterocycles. The molecule has 0 amide bonds. The molecule has 21 heavy (non-hydrogen) atoms. The van der Waals surface area contributed by atoms with Crippen LogP contribution in [0.1, 0.15) is 24.8 Å². The monoisotopic (exact) mass is 375 g/mol. The number of halogens is 1. The lowest BCUT2D eigenvalue weighted by molar-refractivity contribution is 0.250. The number of rotatable bonds is 5. The van der Waals surface area contributed by atoms with Crippen LogP contribution in [0.15, 0.2) is 22.7 Å². The number of piperidine rings is 1. The van der Waals surface area contributed by atoms with Crippen LogP contribution >= 0.6 is 15.9 Å². The largest absolute Gasteiger partial charge is 0.318 e. The van der Waals surface area contributed by atoms with Gasteiger partial charge in [0.25, 0.3) is 0 Å². The summed E-state index contributed by atoms with van der Waals surface area (Å²) in [6.45, 7) is 3.15. The lowest BCUT2D eigenvalue weighted by Crippen LogP contribution is -2.50. The summed E-state index contributed by atoms with van der Waals surface area (Å²) < 4.78 is 30.5. The van der Waals surface area contributed by atoms with Gasteiger partial charge in [-0.2, -0.15) is 12.7 Å². The van der Waals surface area contributed by atoms with Crippen molar-refractivity contribution < 1.29 is 8.42 Å². The van der Waals surface area contributed by atoms with Gasteiger partial charge < -0.3 is 5.32 Å². The third-order valence-electron chi connectivity index (χ3n) is 3.76. The number of anilines is 1. The average molecular weight is 376 g/mol. The number of likely N-dealkylation sites (N-methyl/N-ethyl adjacent to an activating group) is 1. The van der Waals surface area contributed by atoms with Crippen molar-refractivity contribution in [2.75, 3.05) is 24.9 Å². The number of aryl methyl sites for hydroxylation is 1. The van der Waals surface area contributed by atoms with Gasteiger partial charge in [-0.15, -0.1) is 0 Å². The molecule has 0 aromatic heterocycles. The van der Waals surface area contributed by atoms with Gasteiger partial charge in [-0.3, -0.25) is 4.72 Å². The van der Waals surface area contributed by atoms with Crippen molar-refractivity contribution in [3.05, 3.63) is 28.2 Å². The normalized spacial score (nSPS) is 20.4. The topological polar surface area (TPSA) is 61.4 Å². The molecule has 0 bridgehead atoms. The summed E-state index contributed by atoms with van der Waals surface area (Å²) in [4.78, 5) is 0. The van der Waals surface area contributed by atoms with Gasteiger partial charge in [0.15, 0.2) is 0 Å². The van der Waals surface area contributed by atoms with Gasteiger partial charge in [0.1, 0.15) is 0 Å². The van der Waals surface area contributed by atoms with E-state index in [0.29, 0.717) is 18.8 Å². The Morgan fingerprint density at radius 2 is 2.14 bits per heavy atom. The van der Waals surface area contributed by atoms with Crippen LogP contribution in [0.2, 0.25) is 0 Å². The second-order valence-corrected chi connectivity index (χ2v) is 7.92. The van der Waals surface area contributed by atoms with E-state index in [1.165, 1.54) is 0 Å². The van der Waals surface area contributed by atoms with Crippen LogP contribution in [0, 0.1) is 6.92 Å². The lowest BCUT2D eigenvalue weighted by Gasteiger charge is -2.34. The summed E-state index contributed by atoms with van der Waals surface area (Å²) in [6.07, 6.45) is 2.89. The van der Waals surface area contributed by atoms with E-state index >= 15 is 0 Å². The maximum atomic E-state index is 12.7. The van der Waals surface area contributed by atoms with Crippen molar-refractivity contribution in [1.82, 2.24) is 9.62 Å². The fraction of sp³-hybridized carbons (Fsp3) is 0.571. The molecule has 1 aliphatic rings. The highest BCUT2D eigenvalue weighted by atomic mass is 79.9. The van der Waals surface area contributed by atoms with Gasteiger partial charge in [-0.05, 0) is 44.5 Å². The highest BCUT2D eigenvalue weighted by Gasteiger charge is 2.32. The molecule has 1 aromatic carbocycles. The van der Waals surface area contributed by atoms with Crippen molar-refractivity contribution in [2.45, 2.75) is 32.2 Å². The van der Waals surface area contributed by atoms with Crippen LogP contribution in [0.3, 0.4) is 0 Å². The van der Waals surface area contributed by atoms with Crippen molar-refractivity contribution in [1.29, 1.82) is 0 Å². The summed E-state index contributed by atoms with van der Waals surface area (Å²) in [6, 6.07) is 5.61. The molecule has 1 aromatic rings. The summed E-state index contributed by atoms with van der Waals surface area (Å²) in [5.41, 5.74) is 1.53. The molecule has 0 aliphatic carbocycles. The first kappa shape index (κ1) is 16.7. The fourth-order valence-corrected chi connectivity index (χ4v) is 4.55. The summed E-state index contributed by atoms with van der Waals surface area (Å²) in [5, 5.41) is 3.08. The predicted octanol–water partition coefficient (Wildman–Crippen LogP) is 2.49. The molecular formula is C14H22BrN3O2S. The zero-order valence-corrected chi connectivity index (χ0v) is 14.8. The molecule has 1 aliphatic heterocycles. The highest BCUT2D eigenvalue weighted by molar-refractivity contribution is 9.10. The first-order valence-corrected chi connectivity index (χ1v) is 9.37. The number of benzene rings is 1. The van der Waals surface area contributed by atoms with Crippen LogP contribution in [0.5, 0.6) is 0 Å². The fourth-order valence-electron chi connectivity index (χ4n) is 2.63. The second kappa shape index (κ2) is 7.09. The summed E-state index contributed by atoms with van der Waals surface area (Å²) in [7, 11) is -1.67. The van der Waals surface area contributed by atoms with Gasteiger partial charge >= 0.3 is 10.2 Å². The molecule has 118 valence electrons. The quantitative estimate of drug-likeness (QED) is 0.830. The maximum absolute atomic E-state index is 12.7. The van der Waals surface area contributed by atoms with E-state index in [1.54, 1.807) is 10.4 Å². The van der Waals surface area contributed by atoms with Crippen LogP contribution in [-0.2, 0) is 10.2 Å². The lowest BCUT2D eigenvalue weighted by atomic mass is 10.1. The molecule has 7 heteroatoms. The number of nitrogens with zero attached hydrogens (tertiary/aromatic N) is 1. The molecule has 5 nitrogen and oxygen atoms in total. The Hall–Kier alpha value is -0.630. The van der Waals surface area contributed by atoms with Gasteiger partial charge in [-0.25, -0.2) is 0 Å². The van der Waals surface area contributed by atoms with Gasteiger partial charge in [0.2, 0.25) is 0 Å². The van der Waals surface area contributed by atoms with Gasteiger partial charge in [0, 0.05) is 23.6 Å². The Kier molecular flexibility index (Phi) is 5.65. The highest BCUT2D eigenvalue weighted by Crippen LogP contribution is 2.25. The van der Waals surface area contributed by atoms with Crippen molar-refractivity contribution in [2.24, 2.45) is 0 Å². The maximum Gasteiger partial charge on any atom is 0.301 e. The zero-order chi connectivity index (χ0) is 15.5. The van der Waals surface area contributed by atoms with E-state index in [-0.39, 0.29) is 6.04 Å². The minimum absolute atomic E-state index is 0.0220. The summed E-state index contributed by atoms with van der Waals surface area (Å²) >= 11 is 3.38. The van der Waals surface area contributed by atoms with E-state index in [1.807, 2.05) is 26.1 Å². The van der Waals surface area contributed by atoms with E-state index in [9.17, 15) is 8.42 Å². The Morgan fingerprint density at radius 1 is 1.38 bits per heavy atom. The number of nitrogens with one attached hydrogen (secondary N) is 2. The number of hydrogen-bond acceptors (Lipinski definition) is 3. The van der Waals surface area contributed by atoms with Gasteiger partial charge in [0.05, 0.1) is 5.69 Å². The predicted molar refractivity (Wildman–Crippen MR) is 89.7 cm³/mol. The SMILES string of the molecule is CNCC1CCCCN1S(=O)(=O)Nc1cc(Br)ccc1C. The first-order valence-electron chi connectivity index (χ1n) is 7.14. The second-order valence-electron chi connectivity index (χ2n) is 5.38. The van der Waals surface area contributed by atoms with Crippen LogP contribution < -0.4 is 10.0 Å². The molecule has 0 radical (unpaired) electrons. The molecule has 1 unspecified atom stereocenters. The molecule has 2 rings (SSSR count). The van der Waals surface area contributed by atoms with Gasteiger partial charge in [-0.1, -0.05) is 28.4 Å². The minimum atomic E-state index is -3.52. The Labute approximate surface area is 135 Å². The number of hydrogen-bond donors (Lipinski definition) is 2. The third kappa shape index (κ3) is 4.18. The van der Waals surface area contributed by atoms with Crippen LogP contribution in [-0.4, -0.2) is 38.9 Å². The average Bonchev–Trinajstić information content (AvgIpc) is 2.43. The van der Waals surface area contributed by atoms with Crippen molar-refractivity contribution in [3.63, 3.8) is 0 Å². The Morgan fingerprint density at radius 3 is 2.86 bits per heavy atom. The Bertz CT molecular complexity index is 590. The van der Waals surface area contributed by atoms with E-state index in [2.05, 4.69) is 26.0 Å². The molecule has 0 saturated carbocycles. The smallest absolute Gasteiger partial charge is 0.301 e. The molecule has 1 saturated heterocycles. The molecule has 1 fully saturated rings. The standard InChI is InChI=1S/C14H22BrN3O2S/c1-11-6-7-12(15)9-14(11)17-21(19,20)18-8-4-3-5-13(18)10-16-2/h6-7,9,13,16-17H,3-5,8,10H2,1-2H3. The zero-order valence-electron chi connectivity index (χ0n) is 12.4. The molecule has 1 atom stereocenters. The first-order chi connectivity index (χ1) is 9.94. The van der Waals surface area contributed by atoms with E-state index < -0.39 is 10.2 Å². The van der Waals surface area contributed by atoms with Crippen LogP contribution in [0.25, 0.3) is 0 Å². The Balaban J connectivity index is 2.22. The molecule has 0 spiro atoms. The van der Waals surface area contributed by atoms with Crippen LogP contribution in [0.4, 0.5) is 5.69 Å². The van der Waals surface area contributed by atoms with Crippen molar-refractivity contribution in [3.8, 4) is 0 Å². The third-order valence-corrected chi connectivity index (χ3v) is 5.83. The molecule has 2 N–H and O–H groups in total. The van der Waals surface area contributed by atoms with E-state index in [0.717, 1.165) is 29.3 Å². The molecular weight excluding hydrogens is 354 g/mol. The minimum Gasteiger partial charge on any atom is -0.318 e. The van der Waals surface area contributed by atoms with Crippen molar-refractivity contribution >= 4 is 31.8 Å².